The Kier molecular flexibility index (Phi) is 3.82. The molecule has 0 bridgehead atoms. The molecule has 0 fully saturated rings. The summed E-state index contributed by atoms with van der Waals surface area (Å²) in [7, 11) is 0. The number of phenols is 1. The normalized spacial score (nSPS) is 10.3. The standard InChI is InChI=1S/C15H15FO2/c1-2-9-18-15-6-4-3-5-13(15)12-8-7-11(16)10-14(12)17/h3-8,10,17H,2,9H2,1H3. The summed E-state index contributed by atoms with van der Waals surface area (Å²) in [6.07, 6.45) is 0.906. The highest BCUT2D eigenvalue weighted by Crippen LogP contribution is 2.35. The van der Waals surface area contributed by atoms with Crippen LogP contribution in [0.3, 0.4) is 0 Å². The quantitative estimate of drug-likeness (QED) is 0.884. The van der Waals surface area contributed by atoms with Gasteiger partial charge in [-0.2, -0.15) is 0 Å². The molecule has 0 aliphatic heterocycles. The van der Waals surface area contributed by atoms with Crippen LogP contribution >= 0.6 is 0 Å². The van der Waals surface area contributed by atoms with Gasteiger partial charge in [-0.25, -0.2) is 4.39 Å². The van der Waals surface area contributed by atoms with Crippen LogP contribution < -0.4 is 4.74 Å². The first-order valence-corrected chi connectivity index (χ1v) is 5.93. The molecule has 0 saturated heterocycles. The fourth-order valence-electron chi connectivity index (χ4n) is 1.76. The predicted molar refractivity (Wildman–Crippen MR) is 69.3 cm³/mol. The molecule has 0 unspecified atom stereocenters. The molecule has 0 aliphatic carbocycles. The molecule has 2 rings (SSSR count). The van der Waals surface area contributed by atoms with E-state index in [-0.39, 0.29) is 5.75 Å². The molecular formula is C15H15FO2. The van der Waals surface area contributed by atoms with Crippen LogP contribution in [0.25, 0.3) is 11.1 Å². The number of ether oxygens (including phenoxy) is 1. The molecule has 0 atom stereocenters. The monoisotopic (exact) mass is 246 g/mol. The van der Waals surface area contributed by atoms with Gasteiger partial charge < -0.3 is 9.84 Å². The number of rotatable bonds is 4. The van der Waals surface area contributed by atoms with E-state index in [4.69, 9.17) is 4.74 Å². The zero-order valence-corrected chi connectivity index (χ0v) is 10.2. The number of benzene rings is 2. The molecule has 0 spiro atoms. The van der Waals surface area contributed by atoms with Crippen molar-refractivity contribution in [1.82, 2.24) is 0 Å². The van der Waals surface area contributed by atoms with Crippen molar-refractivity contribution < 1.29 is 14.2 Å². The summed E-state index contributed by atoms with van der Waals surface area (Å²) < 4.78 is 18.6. The summed E-state index contributed by atoms with van der Waals surface area (Å²) in [6, 6.07) is 11.4. The second-order valence-electron chi connectivity index (χ2n) is 4.01. The van der Waals surface area contributed by atoms with Gasteiger partial charge in [0.05, 0.1) is 6.61 Å². The third-order valence-electron chi connectivity index (χ3n) is 2.60. The van der Waals surface area contributed by atoms with Crippen molar-refractivity contribution in [2.24, 2.45) is 0 Å². The number of halogens is 1. The van der Waals surface area contributed by atoms with Crippen molar-refractivity contribution in [2.45, 2.75) is 13.3 Å². The second-order valence-corrected chi connectivity index (χ2v) is 4.01. The van der Waals surface area contributed by atoms with E-state index >= 15 is 0 Å². The maximum Gasteiger partial charge on any atom is 0.127 e. The highest BCUT2D eigenvalue weighted by molar-refractivity contribution is 5.75. The van der Waals surface area contributed by atoms with Crippen molar-refractivity contribution >= 4 is 0 Å². The summed E-state index contributed by atoms with van der Waals surface area (Å²) in [5, 5.41) is 9.80. The van der Waals surface area contributed by atoms with Crippen molar-refractivity contribution in [3.05, 3.63) is 48.3 Å². The molecule has 0 amide bonds. The summed E-state index contributed by atoms with van der Waals surface area (Å²) in [4.78, 5) is 0. The first-order chi connectivity index (χ1) is 8.72. The fraction of sp³-hybridized carbons (Fsp3) is 0.200. The average molecular weight is 246 g/mol. The first-order valence-electron chi connectivity index (χ1n) is 5.93. The number of para-hydroxylation sites is 1. The van der Waals surface area contributed by atoms with Crippen LogP contribution in [0.4, 0.5) is 4.39 Å². The van der Waals surface area contributed by atoms with Crippen molar-refractivity contribution in [1.29, 1.82) is 0 Å². The van der Waals surface area contributed by atoms with Gasteiger partial charge in [0.1, 0.15) is 17.3 Å². The highest BCUT2D eigenvalue weighted by atomic mass is 19.1. The number of hydrogen-bond donors (Lipinski definition) is 1. The Morgan fingerprint density at radius 1 is 1.11 bits per heavy atom. The highest BCUT2D eigenvalue weighted by Gasteiger charge is 2.10. The maximum absolute atomic E-state index is 13.0. The zero-order valence-electron chi connectivity index (χ0n) is 10.2. The molecule has 2 aromatic rings. The van der Waals surface area contributed by atoms with Crippen LogP contribution in [0.5, 0.6) is 11.5 Å². The van der Waals surface area contributed by atoms with E-state index in [9.17, 15) is 9.50 Å². The van der Waals surface area contributed by atoms with Gasteiger partial charge in [0, 0.05) is 17.2 Å². The van der Waals surface area contributed by atoms with E-state index in [1.165, 1.54) is 6.07 Å². The van der Waals surface area contributed by atoms with Crippen LogP contribution in [-0.4, -0.2) is 11.7 Å². The molecule has 3 heteroatoms. The van der Waals surface area contributed by atoms with Gasteiger partial charge in [0.2, 0.25) is 0 Å². The van der Waals surface area contributed by atoms with E-state index in [2.05, 4.69) is 0 Å². The van der Waals surface area contributed by atoms with Gasteiger partial charge in [0.15, 0.2) is 0 Å². The van der Waals surface area contributed by atoms with Crippen LogP contribution in [0.15, 0.2) is 42.5 Å². The minimum atomic E-state index is -0.455. The van der Waals surface area contributed by atoms with Crippen LogP contribution in [0, 0.1) is 5.82 Å². The van der Waals surface area contributed by atoms with E-state index < -0.39 is 5.82 Å². The minimum absolute atomic E-state index is 0.0810. The van der Waals surface area contributed by atoms with Crippen LogP contribution in [-0.2, 0) is 0 Å². The van der Waals surface area contributed by atoms with Gasteiger partial charge in [0.25, 0.3) is 0 Å². The summed E-state index contributed by atoms with van der Waals surface area (Å²) in [6.45, 7) is 2.64. The Morgan fingerprint density at radius 2 is 1.89 bits per heavy atom. The lowest BCUT2D eigenvalue weighted by Crippen LogP contribution is -1.96. The van der Waals surface area contributed by atoms with Gasteiger partial charge in [-0.15, -0.1) is 0 Å². The largest absolute Gasteiger partial charge is 0.507 e. The number of aromatic hydroxyl groups is 1. The molecule has 2 nitrogen and oxygen atoms in total. The molecule has 94 valence electrons. The lowest BCUT2D eigenvalue weighted by molar-refractivity contribution is 0.318. The Labute approximate surface area is 106 Å². The Bertz CT molecular complexity index is 538. The minimum Gasteiger partial charge on any atom is -0.507 e. The van der Waals surface area contributed by atoms with E-state index in [0.29, 0.717) is 17.9 Å². The maximum atomic E-state index is 13.0. The number of hydrogen-bond acceptors (Lipinski definition) is 2. The van der Waals surface area contributed by atoms with Crippen LogP contribution in [0.1, 0.15) is 13.3 Å². The predicted octanol–water partition coefficient (Wildman–Crippen LogP) is 3.99. The molecular weight excluding hydrogens is 231 g/mol. The Hall–Kier alpha value is -2.03. The third-order valence-corrected chi connectivity index (χ3v) is 2.60. The smallest absolute Gasteiger partial charge is 0.127 e. The molecule has 0 radical (unpaired) electrons. The Morgan fingerprint density at radius 3 is 2.61 bits per heavy atom. The van der Waals surface area contributed by atoms with Crippen molar-refractivity contribution in [3.8, 4) is 22.6 Å². The zero-order chi connectivity index (χ0) is 13.0. The van der Waals surface area contributed by atoms with Gasteiger partial charge in [-0.05, 0) is 24.6 Å². The van der Waals surface area contributed by atoms with Crippen molar-refractivity contribution in [3.63, 3.8) is 0 Å². The lowest BCUT2D eigenvalue weighted by atomic mass is 10.0. The summed E-state index contributed by atoms with van der Waals surface area (Å²) in [5.41, 5.74) is 1.34. The SMILES string of the molecule is CCCOc1ccccc1-c1ccc(F)cc1O. The summed E-state index contributed by atoms with van der Waals surface area (Å²) >= 11 is 0. The molecule has 0 aromatic heterocycles. The van der Waals surface area contributed by atoms with Gasteiger partial charge >= 0.3 is 0 Å². The third kappa shape index (κ3) is 2.62. The van der Waals surface area contributed by atoms with Crippen molar-refractivity contribution in [2.75, 3.05) is 6.61 Å². The van der Waals surface area contributed by atoms with E-state index in [0.717, 1.165) is 18.1 Å². The topological polar surface area (TPSA) is 29.5 Å². The van der Waals surface area contributed by atoms with Gasteiger partial charge in [-0.1, -0.05) is 25.1 Å². The molecule has 0 saturated carbocycles. The lowest BCUT2D eigenvalue weighted by Gasteiger charge is -2.12. The molecule has 18 heavy (non-hydrogen) atoms. The van der Waals surface area contributed by atoms with E-state index in [1.54, 1.807) is 6.07 Å². The molecule has 1 N–H and O–H groups in total. The molecule has 0 heterocycles. The number of phenolic OH excluding ortho intramolecular Hbond substituents is 1. The second kappa shape index (κ2) is 5.54. The summed E-state index contributed by atoms with van der Waals surface area (Å²) in [5.74, 6) is 0.159. The average Bonchev–Trinajstić information content (AvgIpc) is 2.37. The molecule has 2 aromatic carbocycles. The Balaban J connectivity index is 2.43. The van der Waals surface area contributed by atoms with Crippen LogP contribution in [0.2, 0.25) is 0 Å². The first kappa shape index (κ1) is 12.4. The van der Waals surface area contributed by atoms with Gasteiger partial charge in [-0.3, -0.25) is 0 Å². The molecule has 0 aliphatic rings. The van der Waals surface area contributed by atoms with E-state index in [1.807, 2.05) is 31.2 Å². The fourth-order valence-corrected chi connectivity index (χ4v) is 1.76.